The molecule has 4 aromatic rings. The Morgan fingerprint density at radius 2 is 1.65 bits per heavy atom. The van der Waals surface area contributed by atoms with E-state index >= 15 is 0 Å². The van der Waals surface area contributed by atoms with Crippen molar-refractivity contribution < 1.29 is 4.79 Å². The maximum absolute atomic E-state index is 12.6. The van der Waals surface area contributed by atoms with E-state index in [9.17, 15) is 4.79 Å². The highest BCUT2D eigenvalue weighted by molar-refractivity contribution is 8.00. The first-order valence-electron chi connectivity index (χ1n) is 8.16. The van der Waals surface area contributed by atoms with E-state index in [1.165, 1.54) is 23.1 Å². The molecule has 0 spiro atoms. The lowest BCUT2D eigenvalue weighted by atomic mass is 10.3. The van der Waals surface area contributed by atoms with Crippen LogP contribution in [-0.2, 0) is 4.79 Å². The normalized spacial score (nSPS) is 12.4. The van der Waals surface area contributed by atoms with Gasteiger partial charge in [-0.2, -0.15) is 0 Å². The van der Waals surface area contributed by atoms with Gasteiger partial charge in [0.25, 0.3) is 0 Å². The summed E-state index contributed by atoms with van der Waals surface area (Å²) in [6.45, 7) is 3.78. The molecule has 0 bridgehead atoms. The molecular weight excluding hydrogens is 364 g/mol. The van der Waals surface area contributed by atoms with E-state index in [1.54, 1.807) is 0 Å². The summed E-state index contributed by atoms with van der Waals surface area (Å²) in [5.74, 6) is -0.0941. The van der Waals surface area contributed by atoms with Gasteiger partial charge in [-0.1, -0.05) is 47.4 Å². The van der Waals surface area contributed by atoms with E-state index in [-0.39, 0.29) is 11.2 Å². The standard InChI is InChI=1S/C19H16N4OS2/c1-11-18(21-14-8-4-3-7-13(14)20-11)25-12(2)17(24)23-19-22-15-9-5-6-10-16(15)26-19/h3-10,12H,1-2H3,(H,22,23,24)/t12-/m1/s1. The average Bonchev–Trinajstić information content (AvgIpc) is 3.04. The Balaban J connectivity index is 1.51. The van der Waals surface area contributed by atoms with Gasteiger partial charge in [-0.25, -0.2) is 15.0 Å². The molecule has 2 heterocycles. The van der Waals surface area contributed by atoms with E-state index in [4.69, 9.17) is 0 Å². The van der Waals surface area contributed by atoms with Gasteiger partial charge in [0, 0.05) is 0 Å². The molecule has 7 heteroatoms. The molecule has 0 saturated heterocycles. The largest absolute Gasteiger partial charge is 0.301 e. The number of aromatic nitrogens is 3. The minimum absolute atomic E-state index is 0.0941. The summed E-state index contributed by atoms with van der Waals surface area (Å²) in [5, 5.41) is 3.99. The highest BCUT2D eigenvalue weighted by atomic mass is 32.2. The summed E-state index contributed by atoms with van der Waals surface area (Å²) in [6.07, 6.45) is 0. The number of para-hydroxylation sites is 3. The zero-order chi connectivity index (χ0) is 18.1. The smallest absolute Gasteiger partial charge is 0.239 e. The minimum Gasteiger partial charge on any atom is -0.301 e. The molecule has 0 aliphatic rings. The van der Waals surface area contributed by atoms with E-state index in [0.717, 1.165) is 32.0 Å². The highest BCUT2D eigenvalue weighted by Crippen LogP contribution is 2.29. The molecule has 0 unspecified atom stereocenters. The quantitative estimate of drug-likeness (QED) is 0.521. The van der Waals surface area contributed by atoms with Gasteiger partial charge < -0.3 is 5.32 Å². The lowest BCUT2D eigenvalue weighted by Crippen LogP contribution is -2.22. The summed E-state index contributed by atoms with van der Waals surface area (Å²) in [4.78, 5) is 26.2. The average molecular weight is 380 g/mol. The van der Waals surface area contributed by atoms with Gasteiger partial charge in [0.1, 0.15) is 5.03 Å². The molecule has 0 aliphatic carbocycles. The van der Waals surface area contributed by atoms with Gasteiger partial charge in [-0.15, -0.1) is 0 Å². The van der Waals surface area contributed by atoms with Crippen LogP contribution in [0.5, 0.6) is 0 Å². The Hall–Kier alpha value is -2.51. The fourth-order valence-corrected chi connectivity index (χ4v) is 4.27. The van der Waals surface area contributed by atoms with Crippen molar-refractivity contribution in [2.45, 2.75) is 24.1 Å². The number of hydrogen-bond acceptors (Lipinski definition) is 6. The number of nitrogens with one attached hydrogen (secondary N) is 1. The first-order valence-corrected chi connectivity index (χ1v) is 9.86. The van der Waals surface area contributed by atoms with Gasteiger partial charge in [0.2, 0.25) is 5.91 Å². The molecule has 0 fully saturated rings. The predicted octanol–water partition coefficient (Wildman–Crippen LogP) is 4.67. The SMILES string of the molecule is Cc1nc2ccccc2nc1S[C@H](C)C(=O)Nc1nc2ccccc2s1. The number of rotatable bonds is 4. The van der Waals surface area contributed by atoms with Crippen molar-refractivity contribution in [2.24, 2.45) is 0 Å². The van der Waals surface area contributed by atoms with Crippen molar-refractivity contribution in [3.63, 3.8) is 0 Å². The van der Waals surface area contributed by atoms with E-state index in [0.29, 0.717) is 5.13 Å². The maximum atomic E-state index is 12.6. The highest BCUT2D eigenvalue weighted by Gasteiger charge is 2.19. The molecule has 2 aromatic carbocycles. The Morgan fingerprint density at radius 1 is 1.00 bits per heavy atom. The molecule has 4 rings (SSSR count). The number of carbonyl (C=O) groups excluding carboxylic acids is 1. The van der Waals surface area contributed by atoms with E-state index < -0.39 is 0 Å². The van der Waals surface area contributed by atoms with Crippen molar-refractivity contribution in [3.05, 3.63) is 54.2 Å². The molecule has 26 heavy (non-hydrogen) atoms. The second-order valence-corrected chi connectivity index (χ2v) is 8.20. The molecule has 1 N–H and O–H groups in total. The summed E-state index contributed by atoms with van der Waals surface area (Å²) in [7, 11) is 0. The number of anilines is 1. The van der Waals surface area contributed by atoms with Crippen LogP contribution < -0.4 is 5.32 Å². The predicted molar refractivity (Wildman–Crippen MR) is 108 cm³/mol. The molecule has 0 saturated carbocycles. The first kappa shape index (κ1) is 16.9. The van der Waals surface area contributed by atoms with Crippen LogP contribution in [0.4, 0.5) is 5.13 Å². The van der Waals surface area contributed by atoms with Crippen molar-refractivity contribution in [1.29, 1.82) is 0 Å². The van der Waals surface area contributed by atoms with Crippen LogP contribution >= 0.6 is 23.1 Å². The number of nitrogens with zero attached hydrogens (tertiary/aromatic N) is 3. The first-order chi connectivity index (χ1) is 12.6. The molecule has 5 nitrogen and oxygen atoms in total. The van der Waals surface area contributed by atoms with Crippen LogP contribution in [0.1, 0.15) is 12.6 Å². The van der Waals surface area contributed by atoms with Crippen LogP contribution in [-0.4, -0.2) is 26.1 Å². The summed E-state index contributed by atoms with van der Waals surface area (Å²) >= 11 is 2.88. The van der Waals surface area contributed by atoms with Crippen LogP contribution in [0, 0.1) is 6.92 Å². The van der Waals surface area contributed by atoms with E-state index in [2.05, 4.69) is 20.3 Å². The number of aryl methyl sites for hydroxylation is 1. The van der Waals surface area contributed by atoms with Gasteiger partial charge in [0.05, 0.1) is 32.2 Å². The third-order valence-corrected chi connectivity index (χ3v) is 6.01. The second-order valence-electron chi connectivity index (χ2n) is 5.84. The Labute approximate surface area is 158 Å². The molecule has 0 radical (unpaired) electrons. The number of thioether (sulfide) groups is 1. The van der Waals surface area contributed by atoms with Gasteiger partial charge in [-0.05, 0) is 38.1 Å². The fraction of sp³-hybridized carbons (Fsp3) is 0.158. The molecule has 0 aliphatic heterocycles. The van der Waals surface area contributed by atoms with Crippen LogP contribution in [0.25, 0.3) is 21.3 Å². The number of benzene rings is 2. The molecule has 130 valence electrons. The lowest BCUT2D eigenvalue weighted by Gasteiger charge is -2.11. The number of amides is 1. The van der Waals surface area contributed by atoms with Crippen molar-refractivity contribution in [2.75, 3.05) is 5.32 Å². The Kier molecular flexibility index (Phi) is 4.57. The van der Waals surface area contributed by atoms with Crippen LogP contribution in [0.3, 0.4) is 0 Å². The van der Waals surface area contributed by atoms with Crippen molar-refractivity contribution in [1.82, 2.24) is 15.0 Å². The third kappa shape index (κ3) is 3.40. The number of carbonyl (C=O) groups is 1. The summed E-state index contributed by atoms with van der Waals surface area (Å²) in [6, 6.07) is 15.6. The fourth-order valence-electron chi connectivity index (χ4n) is 2.54. The molecular formula is C19H16N4OS2. The summed E-state index contributed by atoms with van der Waals surface area (Å²) in [5.41, 5.74) is 3.41. The Bertz CT molecular complexity index is 1080. The molecule has 1 amide bonds. The monoisotopic (exact) mass is 380 g/mol. The topological polar surface area (TPSA) is 67.8 Å². The Morgan fingerprint density at radius 3 is 2.38 bits per heavy atom. The number of thiazole rings is 1. The zero-order valence-corrected chi connectivity index (χ0v) is 15.9. The number of hydrogen-bond donors (Lipinski definition) is 1. The van der Waals surface area contributed by atoms with Crippen molar-refractivity contribution >= 4 is 55.4 Å². The molecule has 1 atom stereocenters. The van der Waals surface area contributed by atoms with Crippen LogP contribution in [0.2, 0.25) is 0 Å². The zero-order valence-electron chi connectivity index (χ0n) is 14.3. The van der Waals surface area contributed by atoms with E-state index in [1.807, 2.05) is 62.4 Å². The summed E-state index contributed by atoms with van der Waals surface area (Å²) < 4.78 is 1.05. The van der Waals surface area contributed by atoms with Gasteiger partial charge >= 0.3 is 0 Å². The number of fused-ring (bicyclic) bond motifs is 2. The lowest BCUT2D eigenvalue weighted by molar-refractivity contribution is -0.115. The molecule has 2 aromatic heterocycles. The van der Waals surface area contributed by atoms with Gasteiger partial charge in [0.15, 0.2) is 5.13 Å². The second kappa shape index (κ2) is 7.01. The van der Waals surface area contributed by atoms with Gasteiger partial charge in [-0.3, -0.25) is 4.79 Å². The van der Waals surface area contributed by atoms with Crippen molar-refractivity contribution in [3.8, 4) is 0 Å². The van der Waals surface area contributed by atoms with Crippen LogP contribution in [0.15, 0.2) is 53.6 Å². The third-order valence-electron chi connectivity index (χ3n) is 3.88. The minimum atomic E-state index is -0.309. The maximum Gasteiger partial charge on any atom is 0.239 e.